The number of nitrogens with two attached hydrogens (primary N) is 1. The zero-order valence-corrected chi connectivity index (χ0v) is 11.1. The third kappa shape index (κ3) is 5.18. The molecule has 1 aromatic rings. The summed E-state index contributed by atoms with van der Waals surface area (Å²) < 4.78 is 41.1. The van der Waals surface area contributed by atoms with Crippen molar-refractivity contribution < 1.29 is 17.9 Å². The van der Waals surface area contributed by atoms with Gasteiger partial charge in [-0.1, -0.05) is 17.7 Å². The van der Waals surface area contributed by atoms with Crippen LogP contribution >= 0.6 is 11.8 Å². The van der Waals surface area contributed by atoms with Crippen molar-refractivity contribution in [2.45, 2.75) is 25.4 Å². The highest BCUT2D eigenvalue weighted by Gasteiger charge is 2.27. The van der Waals surface area contributed by atoms with Crippen molar-refractivity contribution in [2.24, 2.45) is 5.73 Å². The fraction of sp³-hybridized carbons (Fsp3) is 0.500. The first-order valence-corrected chi connectivity index (χ1v) is 6.48. The van der Waals surface area contributed by atoms with E-state index in [9.17, 15) is 13.2 Å². The van der Waals surface area contributed by atoms with E-state index in [0.29, 0.717) is 5.75 Å². The first kappa shape index (κ1) is 15.2. The van der Waals surface area contributed by atoms with Gasteiger partial charge in [-0.2, -0.15) is 13.2 Å². The second-order valence-electron chi connectivity index (χ2n) is 3.97. The SMILES string of the molecule is Cc1ccc(OCCSC(F)(F)F)c([C@H](C)N)c1. The molecule has 18 heavy (non-hydrogen) atoms. The van der Waals surface area contributed by atoms with Gasteiger partial charge in [0.1, 0.15) is 5.75 Å². The normalized spacial score (nSPS) is 13.4. The fourth-order valence-electron chi connectivity index (χ4n) is 1.46. The highest BCUT2D eigenvalue weighted by Crippen LogP contribution is 2.30. The Kier molecular flexibility index (Phi) is 5.34. The van der Waals surface area contributed by atoms with Crippen molar-refractivity contribution in [3.05, 3.63) is 29.3 Å². The van der Waals surface area contributed by atoms with Crippen molar-refractivity contribution in [3.63, 3.8) is 0 Å². The van der Waals surface area contributed by atoms with Crippen LogP contribution in [0.15, 0.2) is 18.2 Å². The number of hydrogen-bond acceptors (Lipinski definition) is 3. The Bertz CT molecular complexity index is 393. The fourth-order valence-corrected chi connectivity index (χ4v) is 1.86. The summed E-state index contributed by atoms with van der Waals surface area (Å²) in [7, 11) is 0. The van der Waals surface area contributed by atoms with Gasteiger partial charge >= 0.3 is 5.51 Å². The van der Waals surface area contributed by atoms with E-state index in [1.807, 2.05) is 26.0 Å². The third-order valence-electron chi connectivity index (χ3n) is 2.26. The second-order valence-corrected chi connectivity index (χ2v) is 5.13. The minimum Gasteiger partial charge on any atom is -0.492 e. The number of hydrogen-bond donors (Lipinski definition) is 1. The zero-order valence-electron chi connectivity index (χ0n) is 10.3. The average molecular weight is 279 g/mol. The van der Waals surface area contributed by atoms with Crippen molar-refractivity contribution in [1.82, 2.24) is 0 Å². The second kappa shape index (κ2) is 6.33. The van der Waals surface area contributed by atoms with Gasteiger partial charge in [0.2, 0.25) is 0 Å². The maximum Gasteiger partial charge on any atom is 0.441 e. The molecular formula is C12H16F3NOS. The van der Waals surface area contributed by atoms with Crippen LogP contribution in [-0.4, -0.2) is 17.9 Å². The molecule has 2 nitrogen and oxygen atoms in total. The Morgan fingerprint density at radius 2 is 2.06 bits per heavy atom. The van der Waals surface area contributed by atoms with Crippen LogP contribution in [0.3, 0.4) is 0 Å². The lowest BCUT2D eigenvalue weighted by Gasteiger charge is -2.15. The van der Waals surface area contributed by atoms with E-state index >= 15 is 0 Å². The quantitative estimate of drug-likeness (QED) is 0.836. The molecule has 0 aliphatic rings. The molecule has 0 aliphatic carbocycles. The minimum absolute atomic E-state index is 0.00690. The largest absolute Gasteiger partial charge is 0.492 e. The molecule has 0 bridgehead atoms. The summed E-state index contributed by atoms with van der Waals surface area (Å²) in [6, 6.07) is 5.26. The lowest BCUT2D eigenvalue weighted by Crippen LogP contribution is -2.11. The lowest BCUT2D eigenvalue weighted by atomic mass is 10.1. The average Bonchev–Trinajstić information content (AvgIpc) is 2.24. The van der Waals surface area contributed by atoms with Gasteiger partial charge in [0, 0.05) is 17.4 Å². The van der Waals surface area contributed by atoms with Gasteiger partial charge in [-0.05, 0) is 31.7 Å². The van der Waals surface area contributed by atoms with Crippen LogP contribution in [0.25, 0.3) is 0 Å². The van der Waals surface area contributed by atoms with E-state index in [1.165, 1.54) is 0 Å². The standard InChI is InChI=1S/C12H16F3NOS/c1-8-3-4-11(10(7-8)9(2)16)17-5-6-18-12(13,14)15/h3-4,7,9H,5-6,16H2,1-2H3/t9-/m0/s1. The molecule has 102 valence electrons. The molecular weight excluding hydrogens is 263 g/mol. The summed E-state index contributed by atoms with van der Waals surface area (Å²) in [5, 5.41) is 0. The van der Waals surface area contributed by atoms with E-state index in [2.05, 4.69) is 0 Å². The van der Waals surface area contributed by atoms with Crippen molar-refractivity contribution in [1.29, 1.82) is 0 Å². The Hall–Kier alpha value is -0.880. The Balaban J connectivity index is 2.57. The minimum atomic E-state index is -4.21. The number of halogens is 3. The maximum atomic E-state index is 11.9. The Morgan fingerprint density at radius 3 is 2.61 bits per heavy atom. The van der Waals surface area contributed by atoms with E-state index < -0.39 is 5.51 Å². The van der Waals surface area contributed by atoms with Crippen molar-refractivity contribution in [2.75, 3.05) is 12.4 Å². The molecule has 0 fully saturated rings. The van der Waals surface area contributed by atoms with Crippen LogP contribution in [0.1, 0.15) is 24.1 Å². The molecule has 0 saturated heterocycles. The van der Waals surface area contributed by atoms with Crippen LogP contribution in [0.4, 0.5) is 13.2 Å². The molecule has 0 aromatic heterocycles. The summed E-state index contributed by atoms with van der Waals surface area (Å²) in [4.78, 5) is 0. The molecule has 1 atom stereocenters. The Labute approximate surface area is 109 Å². The highest BCUT2D eigenvalue weighted by molar-refractivity contribution is 8.00. The number of rotatable bonds is 5. The van der Waals surface area contributed by atoms with Crippen molar-refractivity contribution >= 4 is 11.8 Å². The number of thioether (sulfide) groups is 1. The number of aryl methyl sites for hydroxylation is 1. The summed E-state index contributed by atoms with van der Waals surface area (Å²) in [6.45, 7) is 3.74. The molecule has 0 radical (unpaired) electrons. The van der Waals surface area contributed by atoms with Crippen LogP contribution in [0.2, 0.25) is 0 Å². The molecule has 0 unspecified atom stereocenters. The van der Waals surface area contributed by atoms with Crippen molar-refractivity contribution in [3.8, 4) is 5.75 Å². The maximum absolute atomic E-state index is 11.9. The van der Waals surface area contributed by atoms with Crippen LogP contribution in [0.5, 0.6) is 5.75 Å². The lowest BCUT2D eigenvalue weighted by molar-refractivity contribution is -0.0329. The van der Waals surface area contributed by atoms with Gasteiger partial charge in [0.15, 0.2) is 0 Å². The number of ether oxygens (including phenoxy) is 1. The highest BCUT2D eigenvalue weighted by atomic mass is 32.2. The number of alkyl halides is 3. The van der Waals surface area contributed by atoms with Crippen LogP contribution in [0, 0.1) is 6.92 Å². The molecule has 0 spiro atoms. The number of benzene rings is 1. The monoisotopic (exact) mass is 279 g/mol. The van der Waals surface area contributed by atoms with Gasteiger partial charge < -0.3 is 10.5 Å². The molecule has 1 aromatic carbocycles. The van der Waals surface area contributed by atoms with Gasteiger partial charge in [-0.3, -0.25) is 0 Å². The summed E-state index contributed by atoms with van der Waals surface area (Å²) in [5.74, 6) is 0.425. The topological polar surface area (TPSA) is 35.2 Å². The predicted octanol–water partition coefficient (Wildman–Crippen LogP) is 3.65. The molecule has 0 aliphatic heterocycles. The first-order valence-electron chi connectivity index (χ1n) is 5.49. The predicted molar refractivity (Wildman–Crippen MR) is 67.8 cm³/mol. The molecule has 0 saturated carbocycles. The molecule has 0 amide bonds. The molecule has 0 heterocycles. The van der Waals surface area contributed by atoms with Gasteiger partial charge in [-0.25, -0.2) is 0 Å². The van der Waals surface area contributed by atoms with Gasteiger partial charge in [-0.15, -0.1) is 0 Å². The molecule has 6 heteroatoms. The molecule has 1 rings (SSSR count). The van der Waals surface area contributed by atoms with E-state index in [-0.39, 0.29) is 30.2 Å². The smallest absolute Gasteiger partial charge is 0.441 e. The van der Waals surface area contributed by atoms with Gasteiger partial charge in [0.25, 0.3) is 0 Å². The summed E-state index contributed by atoms with van der Waals surface area (Å²) in [6.07, 6.45) is 0. The Morgan fingerprint density at radius 1 is 1.39 bits per heavy atom. The van der Waals surface area contributed by atoms with E-state index in [0.717, 1.165) is 11.1 Å². The summed E-state index contributed by atoms with van der Waals surface area (Å²) in [5.41, 5.74) is 3.44. The van der Waals surface area contributed by atoms with E-state index in [4.69, 9.17) is 10.5 Å². The van der Waals surface area contributed by atoms with E-state index in [1.54, 1.807) is 6.07 Å². The third-order valence-corrected chi connectivity index (χ3v) is 2.96. The van der Waals surface area contributed by atoms with Gasteiger partial charge in [0.05, 0.1) is 6.61 Å². The van der Waals surface area contributed by atoms with Crippen LogP contribution in [-0.2, 0) is 0 Å². The first-order chi connectivity index (χ1) is 8.29. The zero-order chi connectivity index (χ0) is 13.8. The summed E-state index contributed by atoms with van der Waals surface area (Å²) >= 11 is -0.0860. The molecule has 2 N–H and O–H groups in total. The van der Waals surface area contributed by atoms with Crippen LogP contribution < -0.4 is 10.5 Å².